The van der Waals surface area contributed by atoms with E-state index < -0.39 is 0 Å². The lowest BCUT2D eigenvalue weighted by Gasteiger charge is -2.40. The Morgan fingerprint density at radius 3 is 2.47 bits per heavy atom. The van der Waals surface area contributed by atoms with E-state index >= 15 is 0 Å². The predicted octanol–water partition coefficient (Wildman–Crippen LogP) is 3.44. The SMILES string of the molecule is CC(C)CC(=O)NCC(c1ccc2c(c1)OCO2)N1CCN(c2ccccc2)CC1. The largest absolute Gasteiger partial charge is 0.454 e. The zero-order chi connectivity index (χ0) is 20.9. The van der Waals surface area contributed by atoms with Crippen LogP contribution in [0.3, 0.4) is 0 Å². The second kappa shape index (κ2) is 9.39. The third-order valence-electron chi connectivity index (χ3n) is 5.74. The van der Waals surface area contributed by atoms with Crippen molar-refractivity contribution >= 4 is 11.6 Å². The summed E-state index contributed by atoms with van der Waals surface area (Å²) >= 11 is 0. The number of carbonyl (C=O) groups excluding carboxylic acids is 1. The van der Waals surface area contributed by atoms with Crippen molar-refractivity contribution in [3.05, 3.63) is 54.1 Å². The molecule has 6 heteroatoms. The van der Waals surface area contributed by atoms with Gasteiger partial charge in [-0.2, -0.15) is 0 Å². The molecule has 2 heterocycles. The summed E-state index contributed by atoms with van der Waals surface area (Å²) in [6.07, 6.45) is 0.551. The van der Waals surface area contributed by atoms with Gasteiger partial charge in [0.15, 0.2) is 11.5 Å². The van der Waals surface area contributed by atoms with Crippen LogP contribution in [0.1, 0.15) is 31.9 Å². The number of anilines is 1. The standard InChI is InChI=1S/C24H31N3O3/c1-18(2)14-24(28)25-16-21(19-8-9-22-23(15-19)30-17-29-22)27-12-10-26(11-13-27)20-6-4-3-5-7-20/h3-9,15,18,21H,10-14,16-17H2,1-2H3,(H,25,28). The Balaban J connectivity index is 1.47. The van der Waals surface area contributed by atoms with Crippen molar-refractivity contribution in [2.24, 2.45) is 5.92 Å². The Morgan fingerprint density at radius 2 is 1.73 bits per heavy atom. The Bertz CT molecular complexity index is 848. The number of benzene rings is 2. The Morgan fingerprint density at radius 1 is 1.00 bits per heavy atom. The summed E-state index contributed by atoms with van der Waals surface area (Å²) in [7, 11) is 0. The number of amides is 1. The van der Waals surface area contributed by atoms with E-state index in [1.54, 1.807) is 0 Å². The van der Waals surface area contributed by atoms with Gasteiger partial charge in [0, 0.05) is 44.8 Å². The molecule has 30 heavy (non-hydrogen) atoms. The monoisotopic (exact) mass is 409 g/mol. The van der Waals surface area contributed by atoms with Gasteiger partial charge >= 0.3 is 0 Å². The third kappa shape index (κ3) is 4.87. The van der Waals surface area contributed by atoms with Gasteiger partial charge in [-0.15, -0.1) is 0 Å². The Labute approximate surface area is 178 Å². The quantitative estimate of drug-likeness (QED) is 0.759. The van der Waals surface area contributed by atoms with Crippen molar-refractivity contribution < 1.29 is 14.3 Å². The van der Waals surface area contributed by atoms with Crippen LogP contribution in [0.5, 0.6) is 11.5 Å². The highest BCUT2D eigenvalue weighted by Gasteiger charge is 2.27. The molecule has 1 unspecified atom stereocenters. The number of fused-ring (bicyclic) bond motifs is 1. The minimum absolute atomic E-state index is 0.105. The van der Waals surface area contributed by atoms with E-state index in [4.69, 9.17) is 9.47 Å². The minimum Gasteiger partial charge on any atom is -0.454 e. The fourth-order valence-electron chi connectivity index (χ4n) is 4.16. The lowest BCUT2D eigenvalue weighted by Crippen LogP contribution is -2.50. The van der Waals surface area contributed by atoms with E-state index in [0.29, 0.717) is 18.9 Å². The summed E-state index contributed by atoms with van der Waals surface area (Å²) in [4.78, 5) is 17.2. The Kier molecular flexibility index (Phi) is 6.43. The van der Waals surface area contributed by atoms with Crippen LogP contribution in [0.25, 0.3) is 0 Å². The van der Waals surface area contributed by atoms with Crippen LogP contribution in [0, 0.1) is 5.92 Å². The number of rotatable bonds is 7. The molecule has 1 saturated heterocycles. The number of piperazine rings is 1. The maximum Gasteiger partial charge on any atom is 0.231 e. The molecule has 0 saturated carbocycles. The molecule has 0 aromatic heterocycles. The van der Waals surface area contributed by atoms with Crippen LogP contribution in [-0.2, 0) is 4.79 Å². The van der Waals surface area contributed by atoms with Crippen LogP contribution in [0.15, 0.2) is 48.5 Å². The molecule has 160 valence electrons. The minimum atomic E-state index is 0.105. The molecule has 0 aliphatic carbocycles. The second-order valence-electron chi connectivity index (χ2n) is 8.39. The smallest absolute Gasteiger partial charge is 0.231 e. The molecule has 0 spiro atoms. The van der Waals surface area contributed by atoms with Gasteiger partial charge in [0.05, 0.1) is 6.04 Å². The van der Waals surface area contributed by atoms with Gasteiger partial charge in [-0.1, -0.05) is 38.1 Å². The zero-order valence-corrected chi connectivity index (χ0v) is 17.8. The van der Waals surface area contributed by atoms with Crippen LogP contribution < -0.4 is 19.7 Å². The van der Waals surface area contributed by atoms with Crippen molar-refractivity contribution in [1.29, 1.82) is 0 Å². The first-order chi connectivity index (χ1) is 14.6. The van der Waals surface area contributed by atoms with Crippen LogP contribution in [0.2, 0.25) is 0 Å². The number of nitrogens with one attached hydrogen (secondary N) is 1. The molecule has 1 atom stereocenters. The number of ether oxygens (including phenoxy) is 2. The molecular formula is C24H31N3O3. The van der Waals surface area contributed by atoms with Crippen molar-refractivity contribution in [1.82, 2.24) is 10.2 Å². The molecule has 1 N–H and O–H groups in total. The number of para-hydroxylation sites is 1. The first-order valence-electron chi connectivity index (χ1n) is 10.8. The maximum absolute atomic E-state index is 12.3. The van der Waals surface area contributed by atoms with E-state index in [2.05, 4.69) is 71.4 Å². The molecular weight excluding hydrogens is 378 g/mol. The van der Waals surface area contributed by atoms with E-state index in [-0.39, 0.29) is 18.7 Å². The normalized spacial score (nSPS) is 17.2. The average molecular weight is 410 g/mol. The summed E-state index contributed by atoms with van der Waals surface area (Å²) in [6.45, 7) is 8.80. The lowest BCUT2D eigenvalue weighted by molar-refractivity contribution is -0.122. The fraction of sp³-hybridized carbons (Fsp3) is 0.458. The summed E-state index contributed by atoms with van der Waals surface area (Å²) in [6, 6.07) is 16.8. The number of carbonyl (C=O) groups is 1. The highest BCUT2D eigenvalue weighted by Crippen LogP contribution is 2.35. The van der Waals surface area contributed by atoms with Crippen molar-refractivity contribution in [2.75, 3.05) is 44.4 Å². The molecule has 2 aliphatic rings. The van der Waals surface area contributed by atoms with Crippen molar-refractivity contribution in [2.45, 2.75) is 26.3 Å². The first kappa shape index (κ1) is 20.5. The Hall–Kier alpha value is -2.73. The highest BCUT2D eigenvalue weighted by molar-refractivity contribution is 5.76. The molecule has 2 aromatic carbocycles. The first-order valence-corrected chi connectivity index (χ1v) is 10.8. The molecule has 0 bridgehead atoms. The molecule has 4 rings (SSSR count). The van der Waals surface area contributed by atoms with E-state index in [9.17, 15) is 4.79 Å². The average Bonchev–Trinajstić information content (AvgIpc) is 3.22. The molecule has 0 radical (unpaired) electrons. The molecule has 6 nitrogen and oxygen atoms in total. The zero-order valence-electron chi connectivity index (χ0n) is 17.8. The number of hydrogen-bond donors (Lipinski definition) is 1. The van der Waals surface area contributed by atoms with Gasteiger partial charge in [0.2, 0.25) is 12.7 Å². The van der Waals surface area contributed by atoms with Gasteiger partial charge in [-0.25, -0.2) is 0 Å². The van der Waals surface area contributed by atoms with Gasteiger partial charge in [0.1, 0.15) is 0 Å². The highest BCUT2D eigenvalue weighted by atomic mass is 16.7. The number of nitrogens with zero attached hydrogens (tertiary/aromatic N) is 2. The number of hydrogen-bond acceptors (Lipinski definition) is 5. The van der Waals surface area contributed by atoms with Crippen LogP contribution in [0.4, 0.5) is 5.69 Å². The third-order valence-corrected chi connectivity index (χ3v) is 5.74. The van der Waals surface area contributed by atoms with E-state index in [1.807, 2.05) is 6.07 Å². The summed E-state index contributed by atoms with van der Waals surface area (Å²) < 4.78 is 11.1. The second-order valence-corrected chi connectivity index (χ2v) is 8.39. The van der Waals surface area contributed by atoms with Gasteiger partial charge in [-0.3, -0.25) is 9.69 Å². The van der Waals surface area contributed by atoms with Crippen molar-refractivity contribution in [3.63, 3.8) is 0 Å². The van der Waals surface area contributed by atoms with Gasteiger partial charge in [0.25, 0.3) is 0 Å². The fourth-order valence-corrected chi connectivity index (χ4v) is 4.16. The summed E-state index contributed by atoms with van der Waals surface area (Å²) in [5, 5.41) is 3.15. The topological polar surface area (TPSA) is 54.0 Å². The molecule has 2 aromatic rings. The van der Waals surface area contributed by atoms with Gasteiger partial charge < -0.3 is 19.7 Å². The van der Waals surface area contributed by atoms with Crippen LogP contribution >= 0.6 is 0 Å². The van der Waals surface area contributed by atoms with E-state index in [0.717, 1.165) is 43.2 Å². The maximum atomic E-state index is 12.3. The van der Waals surface area contributed by atoms with Crippen molar-refractivity contribution in [3.8, 4) is 11.5 Å². The summed E-state index contributed by atoms with van der Waals surface area (Å²) in [5.41, 5.74) is 2.42. The summed E-state index contributed by atoms with van der Waals surface area (Å²) in [5.74, 6) is 2.03. The lowest BCUT2D eigenvalue weighted by atomic mass is 10.0. The molecule has 2 aliphatic heterocycles. The van der Waals surface area contributed by atoms with Gasteiger partial charge in [-0.05, 0) is 35.7 Å². The van der Waals surface area contributed by atoms with E-state index in [1.165, 1.54) is 5.69 Å². The molecule has 1 fully saturated rings. The molecule has 1 amide bonds. The predicted molar refractivity (Wildman–Crippen MR) is 118 cm³/mol. The van der Waals surface area contributed by atoms with Crippen LogP contribution in [-0.4, -0.2) is 50.3 Å².